The van der Waals surface area contributed by atoms with Gasteiger partial charge in [0.1, 0.15) is 18.0 Å². The van der Waals surface area contributed by atoms with E-state index in [-0.39, 0.29) is 25.6 Å². The van der Waals surface area contributed by atoms with Crippen molar-refractivity contribution in [1.29, 1.82) is 0 Å². The first-order chi connectivity index (χ1) is 10.0. The van der Waals surface area contributed by atoms with Gasteiger partial charge in [-0.25, -0.2) is 4.39 Å². The van der Waals surface area contributed by atoms with Gasteiger partial charge in [-0.1, -0.05) is 5.16 Å². The van der Waals surface area contributed by atoms with E-state index in [0.29, 0.717) is 0 Å². The summed E-state index contributed by atoms with van der Waals surface area (Å²) in [5.74, 6) is -2.85. The molecule has 1 heterocycles. The van der Waals surface area contributed by atoms with Crippen LogP contribution in [0.2, 0.25) is 0 Å². The van der Waals surface area contributed by atoms with E-state index in [0.717, 1.165) is 12.1 Å². The van der Waals surface area contributed by atoms with Crippen molar-refractivity contribution in [2.75, 3.05) is 13.2 Å². The molecule has 0 spiro atoms. The maximum absolute atomic E-state index is 13.9. The summed E-state index contributed by atoms with van der Waals surface area (Å²) in [5, 5.41) is 14.0. The summed E-state index contributed by atoms with van der Waals surface area (Å²) in [6, 6.07) is 1.48. The summed E-state index contributed by atoms with van der Waals surface area (Å²) in [7, 11) is 0. The minimum absolute atomic E-state index is 0.0243. The lowest BCUT2D eigenvalue weighted by Crippen LogP contribution is -2.08. The second kappa shape index (κ2) is 6.33. The predicted octanol–water partition coefficient (Wildman–Crippen LogP) is 1.40. The van der Waals surface area contributed by atoms with Crippen LogP contribution in [0, 0.1) is 21.7 Å². The molecule has 0 aliphatic carbocycles. The molecule has 2 rings (SSSR count). The molecule has 10 heteroatoms. The molecule has 0 saturated heterocycles. The molecule has 8 nitrogen and oxygen atoms in total. The van der Waals surface area contributed by atoms with E-state index < -0.39 is 33.6 Å². The Morgan fingerprint density at radius 2 is 2.19 bits per heavy atom. The first kappa shape index (κ1) is 14.9. The largest absolute Gasteiger partial charge is 0.370 e. The zero-order chi connectivity index (χ0) is 15.4. The van der Waals surface area contributed by atoms with E-state index in [4.69, 9.17) is 15.0 Å². The number of hydrogen-bond acceptors (Lipinski definition) is 7. The van der Waals surface area contributed by atoms with E-state index in [1.54, 1.807) is 0 Å². The van der Waals surface area contributed by atoms with Gasteiger partial charge in [0.15, 0.2) is 0 Å². The van der Waals surface area contributed by atoms with Crippen LogP contribution in [-0.2, 0) is 11.3 Å². The molecule has 112 valence electrons. The Kier molecular flexibility index (Phi) is 4.50. The zero-order valence-electron chi connectivity index (χ0n) is 10.6. The average molecular weight is 300 g/mol. The number of ether oxygens (including phenoxy) is 1. The molecule has 0 atom stereocenters. The molecule has 2 aromatic rings. The van der Waals surface area contributed by atoms with Crippen LogP contribution in [0.25, 0.3) is 11.4 Å². The monoisotopic (exact) mass is 300 g/mol. The maximum atomic E-state index is 13.9. The highest BCUT2D eigenvalue weighted by molar-refractivity contribution is 5.61. The molecule has 1 aromatic carbocycles. The summed E-state index contributed by atoms with van der Waals surface area (Å²) < 4.78 is 37.4. The van der Waals surface area contributed by atoms with Gasteiger partial charge >= 0.3 is 5.69 Å². The van der Waals surface area contributed by atoms with Gasteiger partial charge in [0.05, 0.1) is 11.5 Å². The number of nitro groups is 1. The molecule has 0 bridgehead atoms. The summed E-state index contributed by atoms with van der Waals surface area (Å²) in [6.07, 6.45) is 0. The van der Waals surface area contributed by atoms with Crippen molar-refractivity contribution in [2.24, 2.45) is 5.73 Å². The number of aromatic nitrogens is 2. The molecule has 21 heavy (non-hydrogen) atoms. The number of nitro benzene ring substituents is 1. The van der Waals surface area contributed by atoms with Crippen LogP contribution in [0.4, 0.5) is 14.5 Å². The minimum Gasteiger partial charge on any atom is -0.370 e. The van der Waals surface area contributed by atoms with Gasteiger partial charge in [-0.05, 0) is 6.07 Å². The first-order valence-corrected chi connectivity index (χ1v) is 5.77. The second-order valence-corrected chi connectivity index (χ2v) is 3.87. The highest BCUT2D eigenvalue weighted by Gasteiger charge is 2.25. The molecule has 0 saturated carbocycles. The predicted molar refractivity (Wildman–Crippen MR) is 65.0 cm³/mol. The third-order valence-corrected chi connectivity index (χ3v) is 2.45. The van der Waals surface area contributed by atoms with Gasteiger partial charge < -0.3 is 15.0 Å². The Morgan fingerprint density at radius 1 is 1.43 bits per heavy atom. The molecule has 0 fully saturated rings. The Labute approximate surface area is 116 Å². The quantitative estimate of drug-likeness (QED) is 0.486. The lowest BCUT2D eigenvalue weighted by atomic mass is 10.1. The van der Waals surface area contributed by atoms with Crippen LogP contribution >= 0.6 is 0 Å². The molecule has 0 aliphatic rings. The normalized spacial score (nSPS) is 10.8. The number of nitrogens with zero attached hydrogens (tertiary/aromatic N) is 3. The van der Waals surface area contributed by atoms with E-state index in [1.807, 2.05) is 0 Å². The minimum atomic E-state index is -1.37. The fraction of sp³-hybridized carbons (Fsp3) is 0.273. The fourth-order valence-corrected chi connectivity index (χ4v) is 1.55. The third-order valence-electron chi connectivity index (χ3n) is 2.45. The highest BCUT2D eigenvalue weighted by Crippen LogP contribution is 2.29. The SMILES string of the molecule is NCCOCc1nc(-c2c(F)ccc([N+](=O)[O-])c2F)no1. The second-order valence-electron chi connectivity index (χ2n) is 3.87. The molecular formula is C11H10F2N4O4. The topological polar surface area (TPSA) is 117 Å². The zero-order valence-corrected chi connectivity index (χ0v) is 10.6. The Bertz CT molecular complexity index is 662. The van der Waals surface area contributed by atoms with Crippen molar-refractivity contribution in [3.05, 3.63) is 39.8 Å². The van der Waals surface area contributed by atoms with E-state index >= 15 is 0 Å². The van der Waals surface area contributed by atoms with Crippen LogP contribution < -0.4 is 5.73 Å². The van der Waals surface area contributed by atoms with Crippen molar-refractivity contribution in [1.82, 2.24) is 10.1 Å². The molecule has 0 radical (unpaired) electrons. The van der Waals surface area contributed by atoms with Crippen molar-refractivity contribution < 1.29 is 23.0 Å². The molecule has 2 N–H and O–H groups in total. The van der Waals surface area contributed by atoms with E-state index in [9.17, 15) is 18.9 Å². The van der Waals surface area contributed by atoms with Crippen molar-refractivity contribution in [2.45, 2.75) is 6.61 Å². The van der Waals surface area contributed by atoms with E-state index in [1.165, 1.54) is 0 Å². The summed E-state index contributed by atoms with van der Waals surface area (Å²) in [5.41, 5.74) is 3.62. The molecule has 1 aromatic heterocycles. The molecule has 0 aliphatic heterocycles. The summed E-state index contributed by atoms with van der Waals surface area (Å²) in [6.45, 7) is 0.453. The molecular weight excluding hydrogens is 290 g/mol. The van der Waals surface area contributed by atoms with Crippen LogP contribution in [0.1, 0.15) is 5.89 Å². The molecule has 0 unspecified atom stereocenters. The maximum Gasteiger partial charge on any atom is 0.305 e. The van der Waals surface area contributed by atoms with Gasteiger partial charge in [0, 0.05) is 12.6 Å². The number of halogens is 2. The third kappa shape index (κ3) is 3.17. The number of hydrogen-bond donors (Lipinski definition) is 1. The average Bonchev–Trinajstić information content (AvgIpc) is 2.87. The number of rotatable bonds is 6. The van der Waals surface area contributed by atoms with Gasteiger partial charge in [0.25, 0.3) is 5.89 Å². The van der Waals surface area contributed by atoms with Crippen LogP contribution in [-0.4, -0.2) is 28.2 Å². The Hall–Kier alpha value is -2.46. The van der Waals surface area contributed by atoms with Crippen molar-refractivity contribution in [3.8, 4) is 11.4 Å². The van der Waals surface area contributed by atoms with E-state index in [2.05, 4.69) is 10.1 Å². The van der Waals surface area contributed by atoms with Crippen LogP contribution in [0.3, 0.4) is 0 Å². The van der Waals surface area contributed by atoms with Crippen molar-refractivity contribution in [3.63, 3.8) is 0 Å². The first-order valence-electron chi connectivity index (χ1n) is 5.77. The highest BCUT2D eigenvalue weighted by atomic mass is 19.1. The van der Waals surface area contributed by atoms with Crippen molar-refractivity contribution >= 4 is 5.69 Å². The van der Waals surface area contributed by atoms with Gasteiger partial charge in [-0.2, -0.15) is 9.37 Å². The lowest BCUT2D eigenvalue weighted by Gasteiger charge is -2.00. The Morgan fingerprint density at radius 3 is 2.86 bits per heavy atom. The summed E-state index contributed by atoms with van der Waals surface area (Å²) >= 11 is 0. The molecule has 0 amide bonds. The Balaban J connectivity index is 2.33. The van der Waals surface area contributed by atoms with Crippen LogP contribution in [0.5, 0.6) is 0 Å². The number of nitrogens with two attached hydrogens (primary N) is 1. The van der Waals surface area contributed by atoms with Crippen LogP contribution in [0.15, 0.2) is 16.7 Å². The number of benzene rings is 1. The standard InChI is InChI=1S/C11H10F2N4O4/c12-6-1-2-7(17(18)19)10(13)9(6)11-15-8(21-16-11)5-20-4-3-14/h1-2H,3-5,14H2. The van der Waals surface area contributed by atoms with Gasteiger partial charge in [0.2, 0.25) is 11.6 Å². The summed E-state index contributed by atoms with van der Waals surface area (Å²) in [4.78, 5) is 13.4. The van der Waals surface area contributed by atoms with Gasteiger partial charge in [-0.3, -0.25) is 10.1 Å². The van der Waals surface area contributed by atoms with Gasteiger partial charge in [-0.15, -0.1) is 0 Å². The fourth-order valence-electron chi connectivity index (χ4n) is 1.55. The smallest absolute Gasteiger partial charge is 0.305 e. The lowest BCUT2D eigenvalue weighted by molar-refractivity contribution is -0.387.